The Hall–Kier alpha value is -0.830. The summed E-state index contributed by atoms with van der Waals surface area (Å²) in [7, 11) is 0. The fourth-order valence-corrected chi connectivity index (χ4v) is 2.64. The highest BCUT2D eigenvalue weighted by molar-refractivity contribution is 9.11. The molecule has 0 heterocycles. The van der Waals surface area contributed by atoms with Gasteiger partial charge in [-0.2, -0.15) is 5.26 Å². The fourth-order valence-electron chi connectivity index (χ4n) is 1.48. The third kappa shape index (κ3) is 2.94. The van der Waals surface area contributed by atoms with Crippen LogP contribution in [0.3, 0.4) is 0 Å². The normalized spacial score (nSPS) is 9.89. The molecule has 2 aromatic carbocycles. The summed E-state index contributed by atoms with van der Waals surface area (Å²) in [5, 5.41) is 12.4. The van der Waals surface area contributed by atoms with Gasteiger partial charge in [-0.15, -0.1) is 0 Å². The summed E-state index contributed by atoms with van der Waals surface area (Å²) in [5.74, 6) is 0. The number of benzene rings is 2. The summed E-state index contributed by atoms with van der Waals surface area (Å²) in [4.78, 5) is 0. The molecule has 0 saturated heterocycles. The van der Waals surface area contributed by atoms with E-state index >= 15 is 0 Å². The zero-order chi connectivity index (χ0) is 13.1. The molecule has 0 bridgehead atoms. The monoisotopic (exact) mass is 428 g/mol. The van der Waals surface area contributed by atoms with E-state index in [1.54, 1.807) is 0 Å². The van der Waals surface area contributed by atoms with E-state index in [0.29, 0.717) is 5.56 Å². The molecule has 2 rings (SSSR count). The van der Waals surface area contributed by atoms with Gasteiger partial charge in [-0.1, -0.05) is 22.0 Å². The molecule has 0 fully saturated rings. The zero-order valence-corrected chi connectivity index (χ0v) is 13.8. The molecule has 0 atom stereocenters. The van der Waals surface area contributed by atoms with Gasteiger partial charge in [0.2, 0.25) is 0 Å². The first-order chi connectivity index (χ1) is 8.61. The van der Waals surface area contributed by atoms with Crippen molar-refractivity contribution in [1.82, 2.24) is 0 Å². The Morgan fingerprint density at radius 3 is 2.44 bits per heavy atom. The molecule has 2 nitrogen and oxygen atoms in total. The van der Waals surface area contributed by atoms with Gasteiger partial charge in [0, 0.05) is 13.4 Å². The van der Waals surface area contributed by atoms with E-state index in [1.807, 2.05) is 36.4 Å². The maximum absolute atomic E-state index is 9.16. The lowest BCUT2D eigenvalue weighted by Gasteiger charge is -2.11. The minimum atomic E-state index is 0.587. The SMILES string of the molecule is N#Cc1c(Br)cccc1Nc1cc(Br)ccc1Br. The van der Waals surface area contributed by atoms with Crippen LogP contribution in [0.2, 0.25) is 0 Å². The van der Waals surface area contributed by atoms with E-state index in [4.69, 9.17) is 5.26 Å². The van der Waals surface area contributed by atoms with E-state index < -0.39 is 0 Å². The maximum atomic E-state index is 9.16. The maximum Gasteiger partial charge on any atom is 0.103 e. The van der Waals surface area contributed by atoms with E-state index in [-0.39, 0.29) is 0 Å². The summed E-state index contributed by atoms with van der Waals surface area (Å²) in [6, 6.07) is 13.6. The van der Waals surface area contributed by atoms with Crippen molar-refractivity contribution in [2.24, 2.45) is 0 Å². The van der Waals surface area contributed by atoms with Crippen LogP contribution in [0.25, 0.3) is 0 Å². The molecule has 90 valence electrons. The first-order valence-corrected chi connectivity index (χ1v) is 7.40. The second-order valence-electron chi connectivity index (χ2n) is 3.52. The first-order valence-electron chi connectivity index (χ1n) is 5.02. The third-order valence-electron chi connectivity index (χ3n) is 2.32. The van der Waals surface area contributed by atoms with Crippen molar-refractivity contribution < 1.29 is 0 Å². The second kappa shape index (κ2) is 5.87. The topological polar surface area (TPSA) is 35.8 Å². The van der Waals surface area contributed by atoms with Crippen LogP contribution in [0, 0.1) is 11.3 Å². The molecule has 0 aliphatic carbocycles. The minimum Gasteiger partial charge on any atom is -0.353 e. The fraction of sp³-hybridized carbons (Fsp3) is 0. The molecule has 0 radical (unpaired) electrons. The van der Waals surface area contributed by atoms with Gasteiger partial charge in [0.1, 0.15) is 6.07 Å². The summed E-state index contributed by atoms with van der Waals surface area (Å²) in [6.45, 7) is 0. The molecule has 0 saturated carbocycles. The van der Waals surface area contributed by atoms with E-state index in [1.165, 1.54) is 0 Å². The molecular formula is C13H7Br3N2. The van der Waals surface area contributed by atoms with Crippen LogP contribution in [-0.4, -0.2) is 0 Å². The standard InChI is InChI=1S/C13H7Br3N2/c14-8-4-5-11(16)13(6-8)18-12-3-1-2-10(15)9(12)7-17/h1-6,18H. The van der Waals surface area contributed by atoms with Gasteiger partial charge < -0.3 is 5.32 Å². The van der Waals surface area contributed by atoms with Gasteiger partial charge in [-0.05, 0) is 62.2 Å². The smallest absolute Gasteiger partial charge is 0.103 e. The van der Waals surface area contributed by atoms with Crippen LogP contribution in [-0.2, 0) is 0 Å². The number of nitrogens with zero attached hydrogens (tertiary/aromatic N) is 1. The van der Waals surface area contributed by atoms with Gasteiger partial charge in [0.25, 0.3) is 0 Å². The Morgan fingerprint density at radius 1 is 0.944 bits per heavy atom. The van der Waals surface area contributed by atoms with Gasteiger partial charge >= 0.3 is 0 Å². The molecule has 5 heteroatoms. The van der Waals surface area contributed by atoms with Crippen molar-refractivity contribution in [3.63, 3.8) is 0 Å². The molecular weight excluding hydrogens is 424 g/mol. The van der Waals surface area contributed by atoms with Gasteiger partial charge in [-0.3, -0.25) is 0 Å². The molecule has 2 aromatic rings. The molecule has 0 unspecified atom stereocenters. The first kappa shape index (κ1) is 13.6. The average Bonchev–Trinajstić information content (AvgIpc) is 2.34. The highest BCUT2D eigenvalue weighted by Gasteiger charge is 2.08. The Labute approximate surface area is 130 Å². The van der Waals surface area contributed by atoms with Crippen LogP contribution in [0.15, 0.2) is 49.8 Å². The van der Waals surface area contributed by atoms with Crippen LogP contribution < -0.4 is 5.32 Å². The Kier molecular flexibility index (Phi) is 4.44. The summed E-state index contributed by atoms with van der Waals surface area (Å²) < 4.78 is 2.69. The molecule has 0 aliphatic rings. The number of nitrogens with one attached hydrogen (secondary N) is 1. The Morgan fingerprint density at radius 2 is 1.72 bits per heavy atom. The molecule has 0 aromatic heterocycles. The molecule has 0 spiro atoms. The number of halogens is 3. The van der Waals surface area contributed by atoms with Crippen molar-refractivity contribution in [3.8, 4) is 6.07 Å². The summed E-state index contributed by atoms with van der Waals surface area (Å²) in [6.07, 6.45) is 0. The molecule has 1 N–H and O–H groups in total. The predicted molar refractivity (Wildman–Crippen MR) is 84.0 cm³/mol. The lowest BCUT2D eigenvalue weighted by molar-refractivity contribution is 1.43. The predicted octanol–water partition coefficient (Wildman–Crippen LogP) is 5.59. The van der Waals surface area contributed by atoms with E-state index in [9.17, 15) is 0 Å². The highest BCUT2D eigenvalue weighted by atomic mass is 79.9. The average molecular weight is 431 g/mol. The summed E-state index contributed by atoms with van der Waals surface area (Å²) in [5.41, 5.74) is 2.26. The lowest BCUT2D eigenvalue weighted by atomic mass is 10.2. The van der Waals surface area contributed by atoms with Gasteiger partial charge in [-0.25, -0.2) is 0 Å². The number of hydrogen-bond donors (Lipinski definition) is 1. The van der Waals surface area contributed by atoms with Crippen molar-refractivity contribution in [1.29, 1.82) is 5.26 Å². The van der Waals surface area contributed by atoms with Gasteiger partial charge in [0.15, 0.2) is 0 Å². The second-order valence-corrected chi connectivity index (χ2v) is 6.15. The van der Waals surface area contributed by atoms with Crippen LogP contribution in [0.5, 0.6) is 0 Å². The third-order valence-corrected chi connectivity index (χ3v) is 4.17. The van der Waals surface area contributed by atoms with Crippen LogP contribution in [0.4, 0.5) is 11.4 Å². The van der Waals surface area contributed by atoms with Crippen molar-refractivity contribution in [3.05, 3.63) is 55.4 Å². The highest BCUT2D eigenvalue weighted by Crippen LogP contribution is 2.32. The number of rotatable bonds is 2. The zero-order valence-electron chi connectivity index (χ0n) is 9.05. The van der Waals surface area contributed by atoms with Crippen molar-refractivity contribution in [2.45, 2.75) is 0 Å². The molecule has 0 amide bonds. The van der Waals surface area contributed by atoms with E-state index in [0.717, 1.165) is 24.8 Å². The molecule has 18 heavy (non-hydrogen) atoms. The minimum absolute atomic E-state index is 0.587. The van der Waals surface area contributed by atoms with Crippen molar-refractivity contribution in [2.75, 3.05) is 5.32 Å². The Bertz CT molecular complexity index is 633. The lowest BCUT2D eigenvalue weighted by Crippen LogP contribution is -1.95. The summed E-state index contributed by atoms with van der Waals surface area (Å²) >= 11 is 10.3. The Balaban J connectivity index is 2.44. The van der Waals surface area contributed by atoms with Crippen LogP contribution in [0.1, 0.15) is 5.56 Å². The van der Waals surface area contributed by atoms with E-state index in [2.05, 4.69) is 59.2 Å². The van der Waals surface area contributed by atoms with Crippen molar-refractivity contribution >= 4 is 59.2 Å². The van der Waals surface area contributed by atoms with Gasteiger partial charge in [0.05, 0.1) is 16.9 Å². The quantitative estimate of drug-likeness (QED) is 0.674. The number of anilines is 2. The largest absolute Gasteiger partial charge is 0.353 e. The number of nitriles is 1. The molecule has 0 aliphatic heterocycles. The van der Waals surface area contributed by atoms with Crippen LogP contribution >= 0.6 is 47.8 Å². The number of hydrogen-bond acceptors (Lipinski definition) is 2.